The van der Waals surface area contributed by atoms with Crippen LogP contribution in [0, 0.1) is 18.3 Å². The van der Waals surface area contributed by atoms with Gasteiger partial charge >= 0.3 is 5.97 Å². The highest BCUT2D eigenvalue weighted by Gasteiger charge is 2.44. The number of nitrogens with two attached hydrogens (primary N) is 1. The minimum absolute atomic E-state index is 0.00761. The minimum atomic E-state index is -0.799. The molecule has 1 unspecified atom stereocenters. The van der Waals surface area contributed by atoms with Crippen molar-refractivity contribution in [3.63, 3.8) is 0 Å². The zero-order valence-electron chi connectivity index (χ0n) is 25.4. The van der Waals surface area contributed by atoms with E-state index in [1.54, 1.807) is 0 Å². The Balaban J connectivity index is 1.89. The van der Waals surface area contributed by atoms with Crippen molar-refractivity contribution in [2.45, 2.75) is 97.5 Å². The van der Waals surface area contributed by atoms with E-state index in [0.29, 0.717) is 24.3 Å². The van der Waals surface area contributed by atoms with E-state index in [0.717, 1.165) is 21.6 Å². The number of ether oxygens (including phenoxy) is 2. The minimum Gasteiger partial charge on any atom is -0.511 e. The van der Waals surface area contributed by atoms with Gasteiger partial charge in [0.25, 0.3) is 0 Å². The van der Waals surface area contributed by atoms with Gasteiger partial charge in [-0.2, -0.15) is 0 Å². The predicted molar refractivity (Wildman–Crippen MR) is 163 cm³/mol. The first-order valence-electron chi connectivity index (χ1n) is 13.9. The summed E-state index contributed by atoms with van der Waals surface area (Å²) in [4.78, 5) is 26.9. The number of benzene rings is 2. The van der Waals surface area contributed by atoms with Crippen LogP contribution >= 0.6 is 11.8 Å². The molecule has 1 aliphatic rings. The second kappa shape index (κ2) is 11.9. The van der Waals surface area contributed by atoms with Crippen molar-refractivity contribution >= 4 is 29.2 Å². The number of rotatable bonds is 9. The topological polar surface area (TPSA) is 98.9 Å². The van der Waals surface area contributed by atoms with E-state index < -0.39 is 17.0 Å². The maximum absolute atomic E-state index is 13.4. The van der Waals surface area contributed by atoms with Crippen LogP contribution in [0.15, 0.2) is 52.0 Å². The summed E-state index contributed by atoms with van der Waals surface area (Å²) in [5.74, 6) is 0.221. The average Bonchev–Trinajstić information content (AvgIpc) is 2.83. The first kappa shape index (κ1) is 31.6. The number of aryl methyl sites for hydroxylation is 2. The molecule has 1 heterocycles. The van der Waals surface area contributed by atoms with Gasteiger partial charge < -0.3 is 20.3 Å². The van der Waals surface area contributed by atoms with Crippen LogP contribution in [0.2, 0.25) is 0 Å². The fourth-order valence-corrected chi connectivity index (χ4v) is 5.84. The van der Waals surface area contributed by atoms with Crippen LogP contribution in [-0.2, 0) is 26.2 Å². The van der Waals surface area contributed by atoms with Crippen molar-refractivity contribution in [3.05, 3.63) is 63.8 Å². The molecule has 40 heavy (non-hydrogen) atoms. The van der Waals surface area contributed by atoms with Crippen LogP contribution in [0.1, 0.15) is 84.9 Å². The van der Waals surface area contributed by atoms with Gasteiger partial charge in [-0.15, -0.1) is 0 Å². The van der Waals surface area contributed by atoms with Gasteiger partial charge in [-0.25, -0.2) is 4.79 Å². The van der Waals surface area contributed by atoms with Crippen molar-refractivity contribution in [2.24, 2.45) is 11.3 Å². The number of thioether (sulfide) groups is 1. The molecule has 0 aliphatic carbocycles. The first-order chi connectivity index (χ1) is 18.4. The molecule has 218 valence electrons. The number of cyclic esters (lactones) is 1. The monoisotopic (exact) mass is 567 g/mol. The molecule has 0 radical (unpaired) electrons. The highest BCUT2D eigenvalue weighted by Crippen LogP contribution is 2.46. The van der Waals surface area contributed by atoms with E-state index in [2.05, 4.69) is 20.8 Å². The lowest BCUT2D eigenvalue weighted by Gasteiger charge is -2.40. The average molecular weight is 568 g/mol. The number of aliphatic hydroxyl groups is 1. The number of aliphatic hydroxyl groups excluding tert-OH is 1. The van der Waals surface area contributed by atoms with Crippen LogP contribution in [0.25, 0.3) is 0 Å². The van der Waals surface area contributed by atoms with Crippen LogP contribution in [0.4, 0.5) is 5.69 Å². The summed E-state index contributed by atoms with van der Waals surface area (Å²) in [6.07, 6.45) is 1.55. The van der Waals surface area contributed by atoms with Gasteiger partial charge in [0.05, 0.1) is 0 Å². The Morgan fingerprint density at radius 1 is 1.12 bits per heavy atom. The number of esters is 1. The van der Waals surface area contributed by atoms with Crippen molar-refractivity contribution in [2.75, 3.05) is 12.3 Å². The number of anilines is 1. The normalized spacial score (nSPS) is 18.2. The van der Waals surface area contributed by atoms with Crippen LogP contribution < -0.4 is 10.5 Å². The Labute approximate surface area is 243 Å². The largest absolute Gasteiger partial charge is 0.511 e. The summed E-state index contributed by atoms with van der Waals surface area (Å²) in [5, 5.41) is 11.2. The zero-order chi connectivity index (χ0) is 30.0. The summed E-state index contributed by atoms with van der Waals surface area (Å²) < 4.78 is 12.1. The molecule has 0 fully saturated rings. The number of hydrogen-bond donors (Lipinski definition) is 2. The van der Waals surface area contributed by atoms with E-state index in [4.69, 9.17) is 15.2 Å². The van der Waals surface area contributed by atoms with E-state index in [9.17, 15) is 14.7 Å². The van der Waals surface area contributed by atoms with Crippen molar-refractivity contribution < 1.29 is 24.2 Å². The van der Waals surface area contributed by atoms with Gasteiger partial charge in [0, 0.05) is 22.4 Å². The van der Waals surface area contributed by atoms with Gasteiger partial charge in [-0.3, -0.25) is 4.79 Å². The Kier molecular flexibility index (Phi) is 9.40. The summed E-state index contributed by atoms with van der Waals surface area (Å²) >= 11 is 1.23. The standard InChI is InChI=1S/C33H45NO5S/c1-20(2)33(15-14-22-10-12-23(34)13-11-22)18-25(35)29(30(37)39-33)40-27-16-21(3)26(17-24(27)31(4,5)6)38-19-28(36)32(7,8)9/h10-13,16-17,20,35H,14-15,18-19,34H2,1-9H3. The number of nitrogen functional groups attached to an aromatic ring is 1. The number of carbonyl (C=O) groups excluding carboxylic acids is 2. The quantitative estimate of drug-likeness (QED) is 0.236. The lowest BCUT2D eigenvalue weighted by molar-refractivity contribution is -0.164. The zero-order valence-corrected chi connectivity index (χ0v) is 26.3. The molecule has 1 aliphatic heterocycles. The fraction of sp³-hybridized carbons (Fsp3) is 0.515. The molecule has 2 aromatic carbocycles. The van der Waals surface area contributed by atoms with Gasteiger partial charge in [0.2, 0.25) is 0 Å². The van der Waals surface area contributed by atoms with Crippen LogP contribution in [0.5, 0.6) is 5.75 Å². The molecule has 0 aromatic heterocycles. The maximum Gasteiger partial charge on any atom is 0.349 e. The first-order valence-corrected chi connectivity index (χ1v) is 14.7. The van der Waals surface area contributed by atoms with Crippen molar-refractivity contribution in [1.82, 2.24) is 0 Å². The molecular weight excluding hydrogens is 522 g/mol. The second-order valence-electron chi connectivity index (χ2n) is 13.2. The number of Topliss-reactive ketones (excluding diaryl/α,β-unsaturated/α-hetero) is 1. The molecule has 2 aromatic rings. The van der Waals surface area contributed by atoms with Gasteiger partial charge in [0.1, 0.15) is 28.6 Å². The molecule has 3 N–H and O–H groups in total. The summed E-state index contributed by atoms with van der Waals surface area (Å²) in [6.45, 7) is 17.8. The summed E-state index contributed by atoms with van der Waals surface area (Å²) in [5.41, 5.74) is 7.87. The fourth-order valence-electron chi connectivity index (χ4n) is 4.60. The van der Waals surface area contributed by atoms with E-state index >= 15 is 0 Å². The molecule has 7 heteroatoms. The summed E-state index contributed by atoms with van der Waals surface area (Å²) in [7, 11) is 0. The summed E-state index contributed by atoms with van der Waals surface area (Å²) in [6, 6.07) is 11.6. The Morgan fingerprint density at radius 2 is 1.75 bits per heavy atom. The van der Waals surface area contributed by atoms with Crippen LogP contribution in [-0.4, -0.2) is 29.1 Å². The molecule has 0 saturated heterocycles. The molecule has 0 amide bonds. The molecule has 0 saturated carbocycles. The van der Waals surface area contributed by atoms with E-state index in [1.807, 2.05) is 77.9 Å². The third kappa shape index (κ3) is 7.42. The molecular formula is C33H45NO5S. The highest BCUT2D eigenvalue weighted by atomic mass is 32.2. The predicted octanol–water partition coefficient (Wildman–Crippen LogP) is 7.70. The van der Waals surface area contributed by atoms with E-state index in [-0.39, 0.29) is 40.8 Å². The molecule has 3 rings (SSSR count). The maximum atomic E-state index is 13.4. The third-order valence-corrected chi connectivity index (χ3v) is 8.74. The van der Waals surface area contributed by atoms with Crippen LogP contribution in [0.3, 0.4) is 0 Å². The second-order valence-corrected chi connectivity index (χ2v) is 14.3. The smallest absolute Gasteiger partial charge is 0.349 e. The van der Waals surface area contributed by atoms with Gasteiger partial charge in [-0.1, -0.05) is 79.3 Å². The van der Waals surface area contributed by atoms with Crippen molar-refractivity contribution in [1.29, 1.82) is 0 Å². The van der Waals surface area contributed by atoms with E-state index in [1.165, 1.54) is 11.8 Å². The lowest BCUT2D eigenvalue weighted by atomic mass is 9.80. The Hall–Kier alpha value is -2.93. The Morgan fingerprint density at radius 3 is 2.27 bits per heavy atom. The molecule has 1 atom stereocenters. The Bertz CT molecular complexity index is 1280. The third-order valence-electron chi connectivity index (χ3n) is 7.57. The highest BCUT2D eigenvalue weighted by molar-refractivity contribution is 8.04. The molecule has 6 nitrogen and oxygen atoms in total. The molecule has 0 spiro atoms. The lowest BCUT2D eigenvalue weighted by Crippen LogP contribution is -2.44. The number of hydrogen-bond acceptors (Lipinski definition) is 7. The number of ketones is 1. The van der Waals surface area contributed by atoms with Crippen molar-refractivity contribution in [3.8, 4) is 5.75 Å². The number of carbonyl (C=O) groups is 2. The van der Waals surface area contributed by atoms with Gasteiger partial charge in [-0.05, 0) is 72.1 Å². The van der Waals surface area contributed by atoms with Gasteiger partial charge in [0.15, 0.2) is 5.78 Å². The SMILES string of the molecule is Cc1cc(SC2=C(O)CC(CCc3ccc(N)cc3)(C(C)C)OC2=O)c(C(C)(C)C)cc1OCC(=O)C(C)(C)C. The molecule has 0 bridgehead atoms.